The van der Waals surface area contributed by atoms with Gasteiger partial charge in [-0.2, -0.15) is 0 Å². The minimum Gasteiger partial charge on any atom is -0.254 e. The zero-order chi connectivity index (χ0) is 13.8. The van der Waals surface area contributed by atoms with E-state index >= 15 is 0 Å². The predicted molar refractivity (Wildman–Crippen MR) is 80.3 cm³/mol. The molecular formula is C16H24OS. The first-order chi connectivity index (χ1) is 8.33. The molecule has 0 amide bonds. The fourth-order valence-electron chi connectivity index (χ4n) is 1.98. The maximum atomic E-state index is 12.6. The van der Waals surface area contributed by atoms with Gasteiger partial charge in [0.25, 0.3) is 0 Å². The fraction of sp³-hybridized carbons (Fsp3) is 0.500. The van der Waals surface area contributed by atoms with Gasteiger partial charge >= 0.3 is 0 Å². The van der Waals surface area contributed by atoms with Gasteiger partial charge < -0.3 is 0 Å². The van der Waals surface area contributed by atoms with Gasteiger partial charge in [-0.3, -0.25) is 4.21 Å². The highest BCUT2D eigenvalue weighted by Gasteiger charge is 2.23. The molecule has 100 valence electrons. The lowest BCUT2D eigenvalue weighted by atomic mass is 9.89. The summed E-state index contributed by atoms with van der Waals surface area (Å²) in [7, 11) is -0.947. The Labute approximate surface area is 114 Å². The van der Waals surface area contributed by atoms with E-state index in [1.165, 1.54) is 5.56 Å². The number of aryl methyl sites for hydroxylation is 1. The zero-order valence-corrected chi connectivity index (χ0v) is 12.7. The van der Waals surface area contributed by atoms with Gasteiger partial charge in [0.15, 0.2) is 0 Å². The second-order valence-corrected chi connectivity index (χ2v) is 7.75. The van der Waals surface area contributed by atoms with E-state index in [1.54, 1.807) is 0 Å². The maximum absolute atomic E-state index is 12.6. The van der Waals surface area contributed by atoms with Crippen LogP contribution in [0.5, 0.6) is 0 Å². The van der Waals surface area contributed by atoms with E-state index in [4.69, 9.17) is 0 Å². The molecule has 0 N–H and O–H groups in total. The van der Waals surface area contributed by atoms with Crippen molar-refractivity contribution in [1.82, 2.24) is 0 Å². The van der Waals surface area contributed by atoms with Gasteiger partial charge in [0.05, 0.1) is 10.8 Å². The Balaban J connectivity index is 2.88. The Morgan fingerprint density at radius 3 is 2.28 bits per heavy atom. The van der Waals surface area contributed by atoms with Gasteiger partial charge in [-0.05, 0) is 37.3 Å². The molecule has 1 aromatic rings. The first-order valence-corrected chi connectivity index (χ1v) is 7.63. The summed E-state index contributed by atoms with van der Waals surface area (Å²) in [5.41, 5.74) is 1.39. The molecule has 1 unspecified atom stereocenters. The molecule has 0 saturated carbocycles. The average molecular weight is 264 g/mol. The van der Waals surface area contributed by atoms with E-state index in [1.807, 2.05) is 37.3 Å². The molecule has 0 bridgehead atoms. The Hall–Kier alpha value is -0.890. The van der Waals surface area contributed by atoms with E-state index in [2.05, 4.69) is 27.4 Å². The molecule has 0 radical (unpaired) electrons. The van der Waals surface area contributed by atoms with Crippen LogP contribution in [0.25, 0.3) is 0 Å². The molecule has 0 fully saturated rings. The largest absolute Gasteiger partial charge is 0.254 e. The van der Waals surface area contributed by atoms with Crippen LogP contribution in [0.3, 0.4) is 0 Å². The number of hydrogen-bond acceptors (Lipinski definition) is 1. The van der Waals surface area contributed by atoms with E-state index < -0.39 is 10.8 Å². The van der Waals surface area contributed by atoms with Crippen LogP contribution in [0, 0.1) is 12.3 Å². The standard InChI is InChI=1S/C16H24OS/c1-6-7-15(12-16(3,4)5)18(17)14-10-8-13(2)9-11-14/h6,8-11,15H,1,7,12H2,2-5H3/t15-,18?/m1/s1. The quantitative estimate of drug-likeness (QED) is 0.716. The third-order valence-corrected chi connectivity index (χ3v) is 4.53. The third-order valence-electron chi connectivity index (χ3n) is 2.83. The molecule has 18 heavy (non-hydrogen) atoms. The average Bonchev–Trinajstić information content (AvgIpc) is 2.27. The third kappa shape index (κ3) is 4.77. The number of rotatable bonds is 5. The number of benzene rings is 1. The molecule has 0 spiro atoms. The zero-order valence-electron chi connectivity index (χ0n) is 11.9. The van der Waals surface area contributed by atoms with Crippen molar-refractivity contribution in [2.45, 2.75) is 50.7 Å². The Bertz CT molecular complexity index is 412. The van der Waals surface area contributed by atoms with Crippen LogP contribution in [0.4, 0.5) is 0 Å². The molecule has 1 nitrogen and oxygen atoms in total. The highest BCUT2D eigenvalue weighted by molar-refractivity contribution is 7.85. The molecular weight excluding hydrogens is 240 g/mol. The molecule has 0 aliphatic rings. The van der Waals surface area contributed by atoms with Crippen molar-refractivity contribution in [1.29, 1.82) is 0 Å². The molecule has 0 heterocycles. The first-order valence-electron chi connectivity index (χ1n) is 6.41. The van der Waals surface area contributed by atoms with Crippen LogP contribution in [0.15, 0.2) is 41.8 Å². The van der Waals surface area contributed by atoms with Crippen molar-refractivity contribution in [3.63, 3.8) is 0 Å². The van der Waals surface area contributed by atoms with Crippen molar-refractivity contribution < 1.29 is 4.21 Å². The minimum atomic E-state index is -0.947. The summed E-state index contributed by atoms with van der Waals surface area (Å²) in [6.07, 6.45) is 3.62. The topological polar surface area (TPSA) is 17.1 Å². The summed E-state index contributed by atoms with van der Waals surface area (Å²) in [6.45, 7) is 12.4. The lowest BCUT2D eigenvalue weighted by molar-refractivity contribution is 0.369. The normalized spacial score (nSPS) is 15.1. The van der Waals surface area contributed by atoms with Crippen molar-refractivity contribution in [2.75, 3.05) is 0 Å². The molecule has 0 aliphatic heterocycles. The predicted octanol–water partition coefficient (Wildman–Crippen LogP) is 4.48. The molecule has 0 aromatic heterocycles. The van der Waals surface area contributed by atoms with Gasteiger partial charge in [-0.25, -0.2) is 0 Å². The molecule has 0 saturated heterocycles. The molecule has 1 aromatic carbocycles. The van der Waals surface area contributed by atoms with Gasteiger partial charge in [-0.15, -0.1) is 6.58 Å². The monoisotopic (exact) mass is 264 g/mol. The van der Waals surface area contributed by atoms with Crippen LogP contribution in [0.1, 0.15) is 39.2 Å². The van der Waals surface area contributed by atoms with Crippen LogP contribution in [-0.2, 0) is 10.8 Å². The lowest BCUT2D eigenvalue weighted by Gasteiger charge is -2.24. The van der Waals surface area contributed by atoms with E-state index in [9.17, 15) is 4.21 Å². The van der Waals surface area contributed by atoms with E-state index in [0.717, 1.165) is 17.7 Å². The summed E-state index contributed by atoms with van der Waals surface area (Å²) in [5, 5.41) is 0.158. The maximum Gasteiger partial charge on any atom is 0.0564 e. The fourth-order valence-corrected chi connectivity index (χ4v) is 3.73. The summed E-state index contributed by atoms with van der Waals surface area (Å²) >= 11 is 0. The van der Waals surface area contributed by atoms with Gasteiger partial charge in [-0.1, -0.05) is 44.5 Å². The second kappa shape index (κ2) is 6.33. The van der Waals surface area contributed by atoms with Crippen LogP contribution >= 0.6 is 0 Å². The van der Waals surface area contributed by atoms with Gasteiger partial charge in [0, 0.05) is 10.1 Å². The van der Waals surface area contributed by atoms with E-state index in [-0.39, 0.29) is 10.7 Å². The summed E-state index contributed by atoms with van der Waals surface area (Å²) in [4.78, 5) is 0.928. The Kier molecular flexibility index (Phi) is 5.33. The first kappa shape index (κ1) is 15.2. The summed E-state index contributed by atoms with van der Waals surface area (Å²) in [5.74, 6) is 0. The Morgan fingerprint density at radius 2 is 1.83 bits per heavy atom. The van der Waals surface area contributed by atoms with Crippen molar-refractivity contribution in [3.05, 3.63) is 42.5 Å². The summed E-state index contributed by atoms with van der Waals surface area (Å²) < 4.78 is 12.6. The van der Waals surface area contributed by atoms with Crippen LogP contribution in [0.2, 0.25) is 0 Å². The number of hydrogen-bond donors (Lipinski definition) is 0. The smallest absolute Gasteiger partial charge is 0.0564 e. The van der Waals surface area contributed by atoms with Crippen LogP contribution in [-0.4, -0.2) is 9.46 Å². The second-order valence-electron chi connectivity index (χ2n) is 6.02. The minimum absolute atomic E-state index is 0.158. The number of allylic oxidation sites excluding steroid dienone is 1. The van der Waals surface area contributed by atoms with E-state index in [0.29, 0.717) is 0 Å². The van der Waals surface area contributed by atoms with Crippen LogP contribution < -0.4 is 0 Å². The SMILES string of the molecule is C=CC[C@H](CC(C)(C)C)S(=O)c1ccc(C)cc1. The highest BCUT2D eigenvalue weighted by atomic mass is 32.2. The van der Waals surface area contributed by atoms with Crippen molar-refractivity contribution >= 4 is 10.8 Å². The molecule has 2 atom stereocenters. The molecule has 0 aliphatic carbocycles. The van der Waals surface area contributed by atoms with Gasteiger partial charge in [0.2, 0.25) is 0 Å². The highest BCUT2D eigenvalue weighted by Crippen LogP contribution is 2.28. The molecule has 1 rings (SSSR count). The lowest BCUT2D eigenvalue weighted by Crippen LogP contribution is -2.22. The van der Waals surface area contributed by atoms with Crippen molar-refractivity contribution in [3.8, 4) is 0 Å². The molecule has 2 heteroatoms. The van der Waals surface area contributed by atoms with Gasteiger partial charge in [0.1, 0.15) is 0 Å². The Morgan fingerprint density at radius 1 is 1.28 bits per heavy atom. The summed E-state index contributed by atoms with van der Waals surface area (Å²) in [6, 6.07) is 8.00. The van der Waals surface area contributed by atoms with Crippen molar-refractivity contribution in [2.24, 2.45) is 5.41 Å².